The third-order valence-electron chi connectivity index (χ3n) is 5.68. The Labute approximate surface area is 189 Å². The van der Waals surface area contributed by atoms with Crippen molar-refractivity contribution in [2.75, 3.05) is 25.0 Å². The van der Waals surface area contributed by atoms with Crippen LogP contribution in [-0.4, -0.2) is 58.5 Å². The van der Waals surface area contributed by atoms with Gasteiger partial charge in [0.15, 0.2) is 0 Å². The molecule has 0 radical (unpaired) electrons. The number of aryl methyl sites for hydroxylation is 1. The first-order chi connectivity index (χ1) is 15.4. The average molecular weight is 466 g/mol. The molecule has 1 aliphatic rings. The van der Waals surface area contributed by atoms with Crippen LogP contribution in [-0.2, 0) is 11.3 Å². The molecule has 1 fully saturated rings. The maximum atomic E-state index is 14.3. The number of nitrogens with zero attached hydrogens (tertiary/aromatic N) is 3. The van der Waals surface area contributed by atoms with Gasteiger partial charge in [-0.1, -0.05) is 0 Å². The fraction of sp³-hybridized carbons (Fsp3) is 0.435. The lowest BCUT2D eigenvalue weighted by molar-refractivity contribution is -0.164. The van der Waals surface area contributed by atoms with Gasteiger partial charge >= 0.3 is 6.18 Å². The van der Waals surface area contributed by atoms with Gasteiger partial charge in [-0.3, -0.25) is 19.5 Å². The van der Waals surface area contributed by atoms with E-state index in [1.54, 1.807) is 32.9 Å². The van der Waals surface area contributed by atoms with Gasteiger partial charge in [-0.05, 0) is 56.2 Å². The number of hydrogen-bond acceptors (Lipinski definition) is 4. The standard InChI is InChI=1S/C23H26F4N4O2/c1-14-4-5-17(11-28-14)22(33)29-20-9-19(24)8-18(16(20)3)13-30-6-7-31(15(2)12-30)21(32)10-23(25,26)27/h4-5,8-9,11,15H,6-7,10,12-13H2,1-3H3,(H,29,33)/t15-/m0/s1. The van der Waals surface area contributed by atoms with Crippen molar-refractivity contribution in [3.05, 3.63) is 58.7 Å². The molecule has 1 aromatic carbocycles. The van der Waals surface area contributed by atoms with Gasteiger partial charge in [-0.25, -0.2) is 4.39 Å². The molecular weight excluding hydrogens is 440 g/mol. The molecule has 178 valence electrons. The normalized spacial score (nSPS) is 17.2. The lowest BCUT2D eigenvalue weighted by atomic mass is 10.0. The van der Waals surface area contributed by atoms with Gasteiger partial charge in [0.2, 0.25) is 5.91 Å². The van der Waals surface area contributed by atoms with E-state index in [9.17, 15) is 27.2 Å². The zero-order valence-corrected chi connectivity index (χ0v) is 18.7. The van der Waals surface area contributed by atoms with Crippen LogP contribution in [0.15, 0.2) is 30.5 Å². The molecule has 2 heterocycles. The molecule has 2 aromatic rings. The Hall–Kier alpha value is -3.01. The van der Waals surface area contributed by atoms with Gasteiger partial charge < -0.3 is 10.2 Å². The maximum Gasteiger partial charge on any atom is 0.397 e. The molecule has 0 bridgehead atoms. The van der Waals surface area contributed by atoms with Gasteiger partial charge in [-0.2, -0.15) is 13.2 Å². The van der Waals surface area contributed by atoms with Gasteiger partial charge in [0.1, 0.15) is 12.2 Å². The second kappa shape index (κ2) is 9.86. The molecule has 0 aliphatic carbocycles. The smallest absolute Gasteiger partial charge is 0.337 e. The minimum Gasteiger partial charge on any atom is -0.337 e. The summed E-state index contributed by atoms with van der Waals surface area (Å²) in [6, 6.07) is 5.56. The highest BCUT2D eigenvalue weighted by molar-refractivity contribution is 6.04. The monoisotopic (exact) mass is 466 g/mol. The fourth-order valence-corrected chi connectivity index (χ4v) is 3.89. The Morgan fingerprint density at radius 2 is 1.91 bits per heavy atom. The lowest BCUT2D eigenvalue weighted by Gasteiger charge is -2.40. The number of rotatable bonds is 5. The van der Waals surface area contributed by atoms with Crippen molar-refractivity contribution in [3.63, 3.8) is 0 Å². The predicted molar refractivity (Wildman–Crippen MR) is 115 cm³/mol. The van der Waals surface area contributed by atoms with Crippen LogP contribution in [0, 0.1) is 19.7 Å². The number of anilines is 1. The van der Waals surface area contributed by atoms with E-state index in [0.717, 1.165) is 5.69 Å². The highest BCUT2D eigenvalue weighted by Crippen LogP contribution is 2.26. The minimum absolute atomic E-state index is 0.161. The number of amides is 2. The zero-order chi connectivity index (χ0) is 24.3. The van der Waals surface area contributed by atoms with Crippen LogP contribution < -0.4 is 5.32 Å². The SMILES string of the molecule is Cc1ccc(C(=O)Nc2cc(F)cc(CN3CCN(C(=O)CC(F)(F)F)[C@@H](C)C3)c2C)cn1. The number of piperazine rings is 1. The van der Waals surface area contributed by atoms with Crippen molar-refractivity contribution in [1.82, 2.24) is 14.8 Å². The number of aromatic nitrogens is 1. The van der Waals surface area contributed by atoms with E-state index >= 15 is 0 Å². The molecule has 6 nitrogen and oxygen atoms in total. The number of halogens is 4. The zero-order valence-electron chi connectivity index (χ0n) is 18.7. The number of hydrogen-bond donors (Lipinski definition) is 1. The van der Waals surface area contributed by atoms with E-state index in [1.807, 2.05) is 4.90 Å². The molecule has 33 heavy (non-hydrogen) atoms. The summed E-state index contributed by atoms with van der Waals surface area (Å²) in [5, 5.41) is 2.72. The van der Waals surface area contributed by atoms with E-state index in [1.165, 1.54) is 23.2 Å². The summed E-state index contributed by atoms with van der Waals surface area (Å²) in [6.07, 6.45) is -4.57. The number of carbonyl (C=O) groups is 2. The van der Waals surface area contributed by atoms with Crippen molar-refractivity contribution in [2.45, 2.75) is 46.0 Å². The summed E-state index contributed by atoms with van der Waals surface area (Å²) < 4.78 is 52.0. The highest BCUT2D eigenvalue weighted by atomic mass is 19.4. The number of nitrogens with one attached hydrogen (secondary N) is 1. The first kappa shape index (κ1) is 24.6. The van der Waals surface area contributed by atoms with Crippen molar-refractivity contribution < 1.29 is 27.2 Å². The molecule has 2 amide bonds. The van der Waals surface area contributed by atoms with Crippen LogP contribution in [0.2, 0.25) is 0 Å². The van der Waals surface area contributed by atoms with Crippen molar-refractivity contribution in [3.8, 4) is 0 Å². The third kappa shape index (κ3) is 6.50. The first-order valence-electron chi connectivity index (χ1n) is 10.5. The average Bonchev–Trinajstić information content (AvgIpc) is 2.70. The Morgan fingerprint density at radius 1 is 1.18 bits per heavy atom. The molecule has 0 spiro atoms. The molecule has 1 aromatic heterocycles. The van der Waals surface area contributed by atoms with Crippen LogP contribution in [0.5, 0.6) is 0 Å². The first-order valence-corrected chi connectivity index (χ1v) is 10.5. The fourth-order valence-electron chi connectivity index (χ4n) is 3.89. The number of alkyl halides is 3. The minimum atomic E-state index is -4.54. The summed E-state index contributed by atoms with van der Waals surface area (Å²) >= 11 is 0. The number of benzene rings is 1. The second-order valence-electron chi connectivity index (χ2n) is 8.34. The van der Waals surface area contributed by atoms with E-state index in [2.05, 4.69) is 10.3 Å². The molecule has 1 aliphatic heterocycles. The molecule has 1 saturated heterocycles. The van der Waals surface area contributed by atoms with E-state index in [4.69, 9.17) is 0 Å². The van der Waals surface area contributed by atoms with E-state index < -0.39 is 36.3 Å². The Bertz CT molecular complexity index is 1020. The second-order valence-corrected chi connectivity index (χ2v) is 8.34. The van der Waals surface area contributed by atoms with Crippen molar-refractivity contribution in [2.24, 2.45) is 0 Å². The van der Waals surface area contributed by atoms with Crippen molar-refractivity contribution >= 4 is 17.5 Å². The molecule has 0 unspecified atom stereocenters. The lowest BCUT2D eigenvalue weighted by Crippen LogP contribution is -2.54. The van der Waals surface area contributed by atoms with E-state index in [0.29, 0.717) is 42.0 Å². The molecule has 1 atom stereocenters. The third-order valence-corrected chi connectivity index (χ3v) is 5.68. The molecular formula is C23H26F4N4O2. The van der Waals surface area contributed by atoms with Crippen LogP contribution in [0.1, 0.15) is 40.5 Å². The summed E-state index contributed by atoms with van der Waals surface area (Å²) in [5.74, 6) is -1.86. The Kier molecular flexibility index (Phi) is 7.36. The number of carbonyl (C=O) groups excluding carboxylic acids is 2. The van der Waals surface area contributed by atoms with Gasteiger partial charge in [0, 0.05) is 49.8 Å². The maximum absolute atomic E-state index is 14.3. The number of pyridine rings is 1. The van der Waals surface area contributed by atoms with Crippen LogP contribution >= 0.6 is 0 Å². The van der Waals surface area contributed by atoms with E-state index in [-0.39, 0.29) is 6.54 Å². The van der Waals surface area contributed by atoms with Gasteiger partial charge in [0.05, 0.1) is 5.56 Å². The highest BCUT2D eigenvalue weighted by Gasteiger charge is 2.36. The summed E-state index contributed by atoms with van der Waals surface area (Å²) in [6.45, 7) is 6.48. The van der Waals surface area contributed by atoms with Gasteiger partial charge in [0.25, 0.3) is 5.91 Å². The summed E-state index contributed by atoms with van der Waals surface area (Å²) in [5.41, 5.74) is 2.79. The largest absolute Gasteiger partial charge is 0.397 e. The topological polar surface area (TPSA) is 65.5 Å². The molecule has 1 N–H and O–H groups in total. The van der Waals surface area contributed by atoms with Crippen molar-refractivity contribution in [1.29, 1.82) is 0 Å². The Balaban J connectivity index is 1.68. The Morgan fingerprint density at radius 3 is 2.52 bits per heavy atom. The summed E-state index contributed by atoms with van der Waals surface area (Å²) in [7, 11) is 0. The quantitative estimate of drug-likeness (QED) is 0.675. The van der Waals surface area contributed by atoms with Crippen LogP contribution in [0.3, 0.4) is 0 Å². The molecule has 10 heteroatoms. The van der Waals surface area contributed by atoms with Gasteiger partial charge in [-0.15, -0.1) is 0 Å². The predicted octanol–water partition coefficient (Wildman–Crippen LogP) is 4.07. The summed E-state index contributed by atoms with van der Waals surface area (Å²) in [4.78, 5) is 31.8. The molecule has 3 rings (SSSR count). The van der Waals surface area contributed by atoms with Crippen LogP contribution in [0.4, 0.5) is 23.2 Å². The van der Waals surface area contributed by atoms with Crippen LogP contribution in [0.25, 0.3) is 0 Å². The molecule has 0 saturated carbocycles.